The van der Waals surface area contributed by atoms with Crippen molar-refractivity contribution < 1.29 is 14.3 Å². The molecule has 0 spiro atoms. The minimum Gasteiger partial charge on any atom is -0.493 e. The number of benzene rings is 1. The van der Waals surface area contributed by atoms with Gasteiger partial charge in [0, 0.05) is 17.3 Å². The molecule has 0 bridgehead atoms. The summed E-state index contributed by atoms with van der Waals surface area (Å²) in [6, 6.07) is 3.64. The lowest BCUT2D eigenvalue weighted by atomic mass is 10.1. The molecule has 0 N–H and O–H groups in total. The number of benzodiazepines with no additional fused rings is 1. The number of fused-ring (bicyclic) bond motifs is 1. The van der Waals surface area contributed by atoms with Crippen LogP contribution in [0.3, 0.4) is 0 Å². The highest BCUT2D eigenvalue weighted by molar-refractivity contribution is 14.1. The van der Waals surface area contributed by atoms with Crippen LogP contribution in [0.1, 0.15) is 12.5 Å². The van der Waals surface area contributed by atoms with Crippen LogP contribution in [-0.4, -0.2) is 32.4 Å². The summed E-state index contributed by atoms with van der Waals surface area (Å²) in [6.45, 7) is 2.04. The third-order valence-corrected chi connectivity index (χ3v) is 3.83. The van der Waals surface area contributed by atoms with Gasteiger partial charge in [0.2, 0.25) is 0 Å². The predicted octanol–water partition coefficient (Wildman–Crippen LogP) is 2.21. The quantitative estimate of drug-likeness (QED) is 0.600. The summed E-state index contributed by atoms with van der Waals surface area (Å²) in [5, 5.41) is 0. The number of hydrogen-bond donors (Lipinski definition) is 0. The lowest BCUT2D eigenvalue weighted by Crippen LogP contribution is -2.21. The van der Waals surface area contributed by atoms with Crippen molar-refractivity contribution in [2.75, 3.05) is 23.9 Å². The highest BCUT2D eigenvalue weighted by atomic mass is 127. The second-order valence-corrected chi connectivity index (χ2v) is 4.77. The van der Waals surface area contributed by atoms with E-state index in [2.05, 4.69) is 4.99 Å². The maximum Gasteiger partial charge on any atom is 0.257 e. The van der Waals surface area contributed by atoms with E-state index in [1.807, 2.05) is 35.9 Å². The van der Waals surface area contributed by atoms with Crippen LogP contribution in [0.2, 0.25) is 0 Å². The van der Waals surface area contributed by atoms with Crippen LogP contribution in [0.4, 0.5) is 5.69 Å². The molecule has 0 fully saturated rings. The summed E-state index contributed by atoms with van der Waals surface area (Å²) in [6.07, 6.45) is 0. The molecule has 1 heterocycles. The van der Waals surface area contributed by atoms with E-state index < -0.39 is 0 Å². The average molecular weight is 360 g/mol. The molecule has 1 aromatic rings. The standard InChI is InChI=1S/C12H13IN2O3/c1-7-8-4-10(17-2)11(18-3)5-9(8)15(13)12(16)6-14-7/h4-5H,6H2,1-3H3. The maximum atomic E-state index is 11.8. The minimum atomic E-state index is -0.0547. The van der Waals surface area contributed by atoms with Gasteiger partial charge in [0.1, 0.15) is 6.54 Å². The van der Waals surface area contributed by atoms with Gasteiger partial charge in [-0.25, -0.2) is 0 Å². The molecule has 1 aliphatic rings. The van der Waals surface area contributed by atoms with Crippen molar-refractivity contribution in [1.29, 1.82) is 0 Å². The molecule has 96 valence electrons. The Morgan fingerprint density at radius 3 is 2.50 bits per heavy atom. The van der Waals surface area contributed by atoms with E-state index in [0.717, 1.165) is 17.0 Å². The zero-order valence-corrected chi connectivity index (χ0v) is 12.5. The summed E-state index contributed by atoms with van der Waals surface area (Å²) >= 11 is 1.98. The number of anilines is 1. The molecule has 18 heavy (non-hydrogen) atoms. The van der Waals surface area contributed by atoms with Gasteiger partial charge in [-0.3, -0.25) is 12.9 Å². The second kappa shape index (κ2) is 5.13. The zero-order valence-electron chi connectivity index (χ0n) is 10.4. The SMILES string of the molecule is COc1cc2c(cc1OC)N(I)C(=O)CN=C2C. The summed E-state index contributed by atoms with van der Waals surface area (Å²) in [7, 11) is 3.15. The summed E-state index contributed by atoms with van der Waals surface area (Å²) in [4.78, 5) is 16.1. The Morgan fingerprint density at radius 1 is 1.28 bits per heavy atom. The van der Waals surface area contributed by atoms with Crippen LogP contribution in [0, 0.1) is 0 Å². The van der Waals surface area contributed by atoms with Crippen LogP contribution in [0.5, 0.6) is 11.5 Å². The number of nitrogens with zero attached hydrogens (tertiary/aromatic N) is 2. The first-order chi connectivity index (χ1) is 8.58. The highest BCUT2D eigenvalue weighted by Gasteiger charge is 2.23. The summed E-state index contributed by atoms with van der Waals surface area (Å²) in [5.74, 6) is 1.17. The van der Waals surface area contributed by atoms with Crippen molar-refractivity contribution >= 4 is 40.2 Å². The van der Waals surface area contributed by atoms with Crippen LogP contribution in [0.15, 0.2) is 17.1 Å². The molecule has 0 unspecified atom stereocenters. The molecule has 0 atom stereocenters. The topological polar surface area (TPSA) is 51.1 Å². The monoisotopic (exact) mass is 360 g/mol. The molecule has 1 aromatic carbocycles. The lowest BCUT2D eigenvalue weighted by Gasteiger charge is -2.18. The normalized spacial score (nSPS) is 14.8. The minimum absolute atomic E-state index is 0.0547. The number of carbonyl (C=O) groups is 1. The Kier molecular flexibility index (Phi) is 3.74. The molecule has 0 aromatic heterocycles. The maximum absolute atomic E-state index is 11.8. The first kappa shape index (κ1) is 13.1. The van der Waals surface area contributed by atoms with E-state index in [1.165, 1.54) is 0 Å². The molecule has 1 amide bonds. The number of aliphatic imine (C=N–C) groups is 1. The van der Waals surface area contributed by atoms with Crippen molar-refractivity contribution in [3.8, 4) is 11.5 Å². The first-order valence-corrected chi connectivity index (χ1v) is 6.31. The van der Waals surface area contributed by atoms with Crippen molar-refractivity contribution in [2.24, 2.45) is 4.99 Å². The van der Waals surface area contributed by atoms with E-state index in [-0.39, 0.29) is 12.5 Å². The Balaban J connectivity index is 2.66. The van der Waals surface area contributed by atoms with Crippen molar-refractivity contribution in [1.82, 2.24) is 0 Å². The molecule has 0 radical (unpaired) electrons. The number of rotatable bonds is 2. The van der Waals surface area contributed by atoms with Gasteiger partial charge in [0.25, 0.3) is 5.91 Å². The van der Waals surface area contributed by atoms with E-state index in [1.54, 1.807) is 23.4 Å². The molecule has 2 rings (SSSR count). The zero-order chi connectivity index (χ0) is 13.3. The van der Waals surface area contributed by atoms with Gasteiger partial charge >= 0.3 is 0 Å². The van der Waals surface area contributed by atoms with E-state index >= 15 is 0 Å². The first-order valence-electron chi connectivity index (χ1n) is 5.34. The molecule has 5 nitrogen and oxygen atoms in total. The van der Waals surface area contributed by atoms with Gasteiger partial charge in [-0.2, -0.15) is 0 Å². The smallest absolute Gasteiger partial charge is 0.257 e. The average Bonchev–Trinajstić information content (AvgIpc) is 2.50. The molecular formula is C12H13IN2O3. The van der Waals surface area contributed by atoms with E-state index in [9.17, 15) is 4.79 Å². The molecule has 0 aliphatic carbocycles. The van der Waals surface area contributed by atoms with Crippen LogP contribution in [-0.2, 0) is 4.79 Å². The lowest BCUT2D eigenvalue weighted by molar-refractivity contribution is -0.115. The van der Waals surface area contributed by atoms with Gasteiger partial charge in [-0.15, -0.1) is 0 Å². The van der Waals surface area contributed by atoms with Crippen LogP contribution in [0.25, 0.3) is 0 Å². The van der Waals surface area contributed by atoms with Gasteiger partial charge < -0.3 is 9.47 Å². The Morgan fingerprint density at radius 2 is 1.89 bits per heavy atom. The van der Waals surface area contributed by atoms with Gasteiger partial charge in [0.05, 0.1) is 42.8 Å². The van der Waals surface area contributed by atoms with Gasteiger partial charge in [-0.05, 0) is 13.0 Å². The van der Waals surface area contributed by atoms with E-state index in [0.29, 0.717) is 11.5 Å². The molecule has 1 aliphatic heterocycles. The molecule has 0 saturated heterocycles. The van der Waals surface area contributed by atoms with Crippen molar-refractivity contribution in [3.05, 3.63) is 17.7 Å². The van der Waals surface area contributed by atoms with Crippen molar-refractivity contribution in [2.45, 2.75) is 6.92 Å². The van der Waals surface area contributed by atoms with Crippen LogP contribution >= 0.6 is 22.9 Å². The fourth-order valence-electron chi connectivity index (χ4n) is 1.79. The number of methoxy groups -OCH3 is 2. The Bertz CT molecular complexity index is 528. The molecule has 0 saturated carbocycles. The van der Waals surface area contributed by atoms with Crippen LogP contribution < -0.4 is 12.6 Å². The fourth-order valence-corrected chi connectivity index (χ4v) is 2.34. The van der Waals surface area contributed by atoms with E-state index in [4.69, 9.17) is 9.47 Å². The fraction of sp³-hybridized carbons (Fsp3) is 0.333. The number of hydrogen-bond acceptors (Lipinski definition) is 4. The Labute approximate surface area is 119 Å². The van der Waals surface area contributed by atoms with Gasteiger partial charge in [-0.1, -0.05) is 0 Å². The largest absolute Gasteiger partial charge is 0.493 e. The summed E-state index contributed by atoms with van der Waals surface area (Å²) in [5.41, 5.74) is 2.48. The van der Waals surface area contributed by atoms with Gasteiger partial charge in [0.15, 0.2) is 11.5 Å². The number of halogens is 1. The Hall–Kier alpha value is -1.31. The molecule has 6 heteroatoms. The third-order valence-electron chi connectivity index (χ3n) is 2.77. The number of amides is 1. The van der Waals surface area contributed by atoms with Crippen molar-refractivity contribution in [3.63, 3.8) is 0 Å². The number of carbonyl (C=O) groups excluding carboxylic acids is 1. The number of ether oxygens (including phenoxy) is 2. The summed E-state index contributed by atoms with van der Waals surface area (Å²) < 4.78 is 12.1. The second-order valence-electron chi connectivity index (χ2n) is 3.80. The highest BCUT2D eigenvalue weighted by Crippen LogP contribution is 2.37. The molecular weight excluding hydrogens is 347 g/mol. The predicted molar refractivity (Wildman–Crippen MR) is 78.1 cm³/mol. The third kappa shape index (κ3) is 2.16.